The minimum Gasteiger partial charge on any atom is -0.507 e. The predicted molar refractivity (Wildman–Crippen MR) is 123 cm³/mol. The number of H-pyrrole nitrogens is 1. The van der Waals surface area contributed by atoms with E-state index >= 15 is 0 Å². The third-order valence-electron chi connectivity index (χ3n) is 4.13. The Labute approximate surface area is 191 Å². The average molecular weight is 497 g/mol. The number of hydrogen-bond donors (Lipinski definition) is 3. The molecule has 0 saturated heterocycles. The van der Waals surface area contributed by atoms with E-state index in [1.54, 1.807) is 42.5 Å². The molecule has 3 N–H and O–H groups in total. The highest BCUT2D eigenvalue weighted by Gasteiger charge is 2.12. The van der Waals surface area contributed by atoms with E-state index in [4.69, 9.17) is 4.74 Å². The number of aromatic hydroxyl groups is 1. The summed E-state index contributed by atoms with van der Waals surface area (Å²) in [6.45, 7) is 0. The van der Waals surface area contributed by atoms with Crippen molar-refractivity contribution >= 4 is 39.3 Å². The third kappa shape index (κ3) is 5.65. The maximum Gasteiger partial charge on any atom is 0.234 e. The fourth-order valence-electron chi connectivity index (χ4n) is 2.69. The topological polar surface area (TPSA) is 100 Å². The lowest BCUT2D eigenvalue weighted by Crippen LogP contribution is -2.14. The number of nitrogens with zero attached hydrogens (tertiary/aromatic N) is 2. The van der Waals surface area contributed by atoms with Gasteiger partial charge in [0.25, 0.3) is 0 Å². The number of aromatic nitrogens is 3. The minimum absolute atomic E-state index is 0.0910. The number of carbonyl (C=O) groups excluding carboxylic acids is 1. The van der Waals surface area contributed by atoms with Crippen molar-refractivity contribution in [2.24, 2.45) is 0 Å². The number of thioether (sulfide) groups is 1. The summed E-state index contributed by atoms with van der Waals surface area (Å²) in [5, 5.41) is 20.1. The summed E-state index contributed by atoms with van der Waals surface area (Å²) in [6.07, 6.45) is 0. The summed E-state index contributed by atoms with van der Waals surface area (Å²) >= 11 is 4.56. The van der Waals surface area contributed by atoms with Crippen molar-refractivity contribution in [3.63, 3.8) is 0 Å². The van der Waals surface area contributed by atoms with Gasteiger partial charge in [0.1, 0.15) is 17.2 Å². The number of halogens is 1. The van der Waals surface area contributed by atoms with Crippen molar-refractivity contribution in [2.45, 2.75) is 5.16 Å². The van der Waals surface area contributed by atoms with Gasteiger partial charge in [-0.25, -0.2) is 4.98 Å². The summed E-state index contributed by atoms with van der Waals surface area (Å²) in [5.74, 6) is 1.91. The summed E-state index contributed by atoms with van der Waals surface area (Å²) < 4.78 is 6.55. The Balaban J connectivity index is 1.30. The van der Waals surface area contributed by atoms with Crippen molar-refractivity contribution in [1.29, 1.82) is 0 Å². The molecule has 156 valence electrons. The number of aromatic amines is 1. The van der Waals surface area contributed by atoms with Gasteiger partial charge in [0.2, 0.25) is 11.1 Å². The molecule has 1 aromatic heterocycles. The molecule has 0 radical (unpaired) electrons. The molecule has 0 saturated carbocycles. The molecule has 0 aliphatic rings. The van der Waals surface area contributed by atoms with Crippen molar-refractivity contribution in [1.82, 2.24) is 15.2 Å². The van der Waals surface area contributed by atoms with E-state index in [9.17, 15) is 9.90 Å². The number of anilines is 1. The molecule has 0 bridgehead atoms. The molecule has 0 spiro atoms. The van der Waals surface area contributed by atoms with Crippen LogP contribution in [0.5, 0.6) is 17.2 Å². The molecule has 7 nitrogen and oxygen atoms in total. The van der Waals surface area contributed by atoms with Gasteiger partial charge in [-0.15, -0.1) is 5.10 Å². The number of para-hydroxylation sites is 1. The second kappa shape index (κ2) is 9.67. The van der Waals surface area contributed by atoms with E-state index in [-0.39, 0.29) is 17.4 Å². The van der Waals surface area contributed by atoms with Crippen molar-refractivity contribution in [3.8, 4) is 28.6 Å². The molecule has 0 atom stereocenters. The minimum atomic E-state index is -0.182. The Morgan fingerprint density at radius 2 is 1.81 bits per heavy atom. The molecule has 3 aromatic carbocycles. The first-order valence-corrected chi connectivity index (χ1v) is 11.0. The normalized spacial score (nSPS) is 10.6. The first kappa shape index (κ1) is 21.0. The first-order chi connectivity index (χ1) is 15.1. The summed E-state index contributed by atoms with van der Waals surface area (Å²) in [4.78, 5) is 16.6. The van der Waals surface area contributed by atoms with Gasteiger partial charge in [-0.2, -0.15) is 0 Å². The van der Waals surface area contributed by atoms with Crippen LogP contribution in [0.15, 0.2) is 82.4 Å². The van der Waals surface area contributed by atoms with Crippen LogP contribution < -0.4 is 10.1 Å². The van der Waals surface area contributed by atoms with Gasteiger partial charge in [-0.1, -0.05) is 45.9 Å². The molecule has 31 heavy (non-hydrogen) atoms. The van der Waals surface area contributed by atoms with E-state index in [0.717, 1.165) is 10.2 Å². The summed E-state index contributed by atoms with van der Waals surface area (Å²) in [5.41, 5.74) is 1.19. The van der Waals surface area contributed by atoms with Crippen LogP contribution in [-0.2, 0) is 4.79 Å². The Kier molecular flexibility index (Phi) is 6.54. The largest absolute Gasteiger partial charge is 0.507 e. The van der Waals surface area contributed by atoms with Crippen LogP contribution in [0.1, 0.15) is 0 Å². The zero-order valence-electron chi connectivity index (χ0n) is 16.1. The number of benzene rings is 3. The summed E-state index contributed by atoms with van der Waals surface area (Å²) in [7, 11) is 0. The molecule has 0 aliphatic heterocycles. The zero-order valence-corrected chi connectivity index (χ0v) is 18.5. The molecule has 0 unspecified atom stereocenters. The van der Waals surface area contributed by atoms with Gasteiger partial charge < -0.3 is 15.2 Å². The van der Waals surface area contributed by atoms with E-state index in [0.29, 0.717) is 28.0 Å². The van der Waals surface area contributed by atoms with Gasteiger partial charge in [-0.05, 0) is 54.6 Å². The molecule has 0 aliphatic carbocycles. The van der Waals surface area contributed by atoms with Crippen LogP contribution in [-0.4, -0.2) is 31.9 Å². The molecule has 1 heterocycles. The van der Waals surface area contributed by atoms with Gasteiger partial charge in [0.15, 0.2) is 5.82 Å². The van der Waals surface area contributed by atoms with Crippen LogP contribution in [0.2, 0.25) is 0 Å². The highest BCUT2D eigenvalue weighted by Crippen LogP contribution is 2.30. The second-order valence-electron chi connectivity index (χ2n) is 6.40. The van der Waals surface area contributed by atoms with Gasteiger partial charge in [-0.3, -0.25) is 9.89 Å². The van der Waals surface area contributed by atoms with Crippen molar-refractivity contribution in [3.05, 3.63) is 77.3 Å². The average Bonchev–Trinajstić information content (AvgIpc) is 3.25. The number of hydrogen-bond acceptors (Lipinski definition) is 6. The van der Waals surface area contributed by atoms with Crippen LogP contribution in [0.4, 0.5) is 5.69 Å². The number of phenols is 1. The van der Waals surface area contributed by atoms with Gasteiger partial charge in [0, 0.05) is 10.2 Å². The quantitative estimate of drug-likeness (QED) is 0.293. The van der Waals surface area contributed by atoms with Crippen LogP contribution in [0.25, 0.3) is 11.4 Å². The fourth-order valence-corrected chi connectivity index (χ4v) is 3.65. The molecule has 9 heteroatoms. The number of rotatable bonds is 7. The molecule has 1 amide bonds. The highest BCUT2D eigenvalue weighted by atomic mass is 79.9. The zero-order chi connectivity index (χ0) is 21.6. The van der Waals surface area contributed by atoms with Crippen molar-refractivity contribution < 1.29 is 14.6 Å². The Morgan fingerprint density at radius 3 is 2.58 bits per heavy atom. The Morgan fingerprint density at radius 1 is 1.06 bits per heavy atom. The number of carbonyl (C=O) groups is 1. The van der Waals surface area contributed by atoms with Crippen LogP contribution in [0, 0.1) is 0 Å². The molecule has 4 aromatic rings. The van der Waals surface area contributed by atoms with E-state index in [1.165, 1.54) is 11.8 Å². The van der Waals surface area contributed by atoms with Crippen LogP contribution in [0.3, 0.4) is 0 Å². The van der Waals surface area contributed by atoms with Gasteiger partial charge >= 0.3 is 0 Å². The number of nitrogens with one attached hydrogen (secondary N) is 2. The first-order valence-electron chi connectivity index (χ1n) is 9.24. The fraction of sp³-hybridized carbons (Fsp3) is 0.0455. The van der Waals surface area contributed by atoms with Crippen molar-refractivity contribution in [2.75, 3.05) is 11.1 Å². The van der Waals surface area contributed by atoms with E-state index in [2.05, 4.69) is 36.4 Å². The monoisotopic (exact) mass is 496 g/mol. The Bertz CT molecular complexity index is 1180. The lowest BCUT2D eigenvalue weighted by molar-refractivity contribution is -0.113. The molecular formula is C22H17BrN4O3S. The molecule has 4 rings (SSSR count). The van der Waals surface area contributed by atoms with Gasteiger partial charge in [0.05, 0.1) is 11.3 Å². The van der Waals surface area contributed by atoms with Crippen LogP contribution >= 0.6 is 27.7 Å². The smallest absolute Gasteiger partial charge is 0.234 e. The predicted octanol–water partition coefficient (Wildman–Crippen LogP) is 5.46. The number of ether oxygens (including phenoxy) is 1. The van der Waals surface area contributed by atoms with E-state index in [1.807, 2.05) is 30.3 Å². The summed E-state index contributed by atoms with van der Waals surface area (Å²) in [6, 6.07) is 21.7. The molecule has 0 fully saturated rings. The maximum absolute atomic E-state index is 12.3. The lowest BCUT2D eigenvalue weighted by Gasteiger charge is -2.07. The number of amides is 1. The van der Waals surface area contributed by atoms with E-state index < -0.39 is 0 Å². The lowest BCUT2D eigenvalue weighted by atomic mass is 10.2. The second-order valence-corrected chi connectivity index (χ2v) is 8.26. The number of phenolic OH excluding ortho intramolecular Hbond substituents is 1. The Hall–Kier alpha value is -3.30. The third-order valence-corrected chi connectivity index (χ3v) is 5.47. The highest BCUT2D eigenvalue weighted by molar-refractivity contribution is 9.10. The molecular weight excluding hydrogens is 480 g/mol. The standard InChI is InChI=1S/C22H17BrN4O3S/c23-14-6-11-19(28)18(12-14)21-25-22(27-26-21)31-13-20(29)24-15-7-9-17(10-8-15)30-16-4-2-1-3-5-16/h1-12,28H,13H2,(H,24,29)(H,25,26,27). The SMILES string of the molecule is O=C(CSc1n[nH]c(-c2cc(Br)ccc2O)n1)Nc1ccc(Oc2ccccc2)cc1. The maximum atomic E-state index is 12.3.